The molecule has 2 aromatic carbocycles. The Morgan fingerprint density at radius 2 is 1.90 bits per heavy atom. The van der Waals surface area contributed by atoms with Crippen molar-refractivity contribution >= 4 is 11.6 Å². The predicted molar refractivity (Wildman–Crippen MR) is 76.8 cm³/mol. The van der Waals surface area contributed by atoms with Gasteiger partial charge in [-0.25, -0.2) is 4.39 Å². The molecule has 0 aromatic heterocycles. The van der Waals surface area contributed by atoms with Gasteiger partial charge in [0.1, 0.15) is 11.6 Å². The van der Waals surface area contributed by atoms with Crippen LogP contribution in [0.2, 0.25) is 0 Å². The van der Waals surface area contributed by atoms with Gasteiger partial charge < -0.3 is 10.1 Å². The molecule has 20 heavy (non-hydrogen) atoms. The molecule has 2 aromatic rings. The third-order valence-corrected chi connectivity index (χ3v) is 3.12. The van der Waals surface area contributed by atoms with Crippen LogP contribution in [-0.4, -0.2) is 13.0 Å². The van der Waals surface area contributed by atoms with E-state index in [9.17, 15) is 9.18 Å². The molecule has 0 unspecified atom stereocenters. The summed E-state index contributed by atoms with van der Waals surface area (Å²) in [6, 6.07) is 10.0. The number of carbonyl (C=O) groups is 1. The number of ether oxygens (including phenoxy) is 1. The highest BCUT2D eigenvalue weighted by Gasteiger charge is 2.14. The van der Waals surface area contributed by atoms with Gasteiger partial charge in [-0.05, 0) is 49.2 Å². The molecule has 1 N–H and O–H groups in total. The minimum Gasteiger partial charge on any atom is -0.497 e. The topological polar surface area (TPSA) is 38.3 Å². The van der Waals surface area contributed by atoms with Crippen molar-refractivity contribution in [1.82, 2.24) is 0 Å². The number of hydrogen-bond donors (Lipinski definition) is 1. The Balaban J connectivity index is 2.26. The fraction of sp³-hybridized carbons (Fsp3) is 0.188. The molecule has 0 heterocycles. The fourth-order valence-electron chi connectivity index (χ4n) is 1.92. The molecule has 1 amide bonds. The maximum atomic E-state index is 13.9. The van der Waals surface area contributed by atoms with Crippen LogP contribution < -0.4 is 10.1 Å². The largest absolute Gasteiger partial charge is 0.497 e. The van der Waals surface area contributed by atoms with Gasteiger partial charge in [0.05, 0.1) is 12.7 Å². The van der Waals surface area contributed by atoms with Gasteiger partial charge in [0.2, 0.25) is 0 Å². The van der Waals surface area contributed by atoms with E-state index in [0.29, 0.717) is 17.0 Å². The Morgan fingerprint density at radius 3 is 2.55 bits per heavy atom. The molecule has 0 saturated heterocycles. The van der Waals surface area contributed by atoms with E-state index in [-0.39, 0.29) is 5.56 Å². The van der Waals surface area contributed by atoms with Crippen LogP contribution in [-0.2, 0) is 0 Å². The third-order valence-electron chi connectivity index (χ3n) is 3.12. The summed E-state index contributed by atoms with van der Waals surface area (Å²) >= 11 is 0. The summed E-state index contributed by atoms with van der Waals surface area (Å²) in [6.45, 7) is 3.48. The van der Waals surface area contributed by atoms with Gasteiger partial charge in [-0.1, -0.05) is 12.1 Å². The summed E-state index contributed by atoms with van der Waals surface area (Å²) in [4.78, 5) is 12.1. The molecule has 3 nitrogen and oxygen atoms in total. The van der Waals surface area contributed by atoms with Crippen LogP contribution in [0.3, 0.4) is 0 Å². The number of methoxy groups -OCH3 is 1. The highest BCUT2D eigenvalue weighted by molar-refractivity contribution is 6.05. The first-order chi connectivity index (χ1) is 9.52. The van der Waals surface area contributed by atoms with Crippen molar-refractivity contribution in [2.75, 3.05) is 12.4 Å². The van der Waals surface area contributed by atoms with Crippen molar-refractivity contribution in [3.63, 3.8) is 0 Å². The van der Waals surface area contributed by atoms with Gasteiger partial charge >= 0.3 is 0 Å². The summed E-state index contributed by atoms with van der Waals surface area (Å²) in [5.74, 6) is -0.238. The number of nitrogens with one attached hydrogen (secondary N) is 1. The Kier molecular flexibility index (Phi) is 4.03. The number of aryl methyl sites for hydroxylation is 2. The molecule has 0 radical (unpaired) electrons. The van der Waals surface area contributed by atoms with Gasteiger partial charge in [-0.3, -0.25) is 4.79 Å². The SMILES string of the molecule is COc1ccc(NC(=O)c2cccc(C)c2F)c(C)c1. The Labute approximate surface area is 117 Å². The summed E-state index contributed by atoms with van der Waals surface area (Å²) in [6.07, 6.45) is 0. The average molecular weight is 273 g/mol. The monoisotopic (exact) mass is 273 g/mol. The number of carbonyl (C=O) groups excluding carboxylic acids is 1. The molecule has 0 spiro atoms. The summed E-state index contributed by atoms with van der Waals surface area (Å²) in [5, 5.41) is 2.71. The first-order valence-electron chi connectivity index (χ1n) is 6.24. The van der Waals surface area contributed by atoms with Crippen LogP contribution >= 0.6 is 0 Å². The van der Waals surface area contributed by atoms with Crippen molar-refractivity contribution in [3.05, 3.63) is 58.9 Å². The van der Waals surface area contributed by atoms with Gasteiger partial charge in [0, 0.05) is 5.69 Å². The lowest BCUT2D eigenvalue weighted by molar-refractivity contribution is 0.102. The van der Waals surface area contributed by atoms with Crippen LogP contribution in [0.4, 0.5) is 10.1 Å². The van der Waals surface area contributed by atoms with E-state index in [0.717, 1.165) is 5.56 Å². The Bertz CT molecular complexity index is 653. The molecule has 0 aliphatic rings. The second kappa shape index (κ2) is 5.74. The van der Waals surface area contributed by atoms with E-state index in [1.54, 1.807) is 38.3 Å². The molecular formula is C16H16FNO2. The molecule has 4 heteroatoms. The standard InChI is InChI=1S/C16H16FNO2/c1-10-5-4-6-13(15(10)17)16(19)18-14-8-7-12(20-3)9-11(14)2/h4-9H,1-3H3,(H,18,19). The molecule has 0 aliphatic carbocycles. The van der Waals surface area contributed by atoms with E-state index in [4.69, 9.17) is 4.74 Å². The number of rotatable bonds is 3. The number of amides is 1. The predicted octanol–water partition coefficient (Wildman–Crippen LogP) is 3.70. The number of hydrogen-bond acceptors (Lipinski definition) is 2. The second-order valence-electron chi connectivity index (χ2n) is 4.57. The lowest BCUT2D eigenvalue weighted by atomic mass is 10.1. The Hall–Kier alpha value is -2.36. The number of anilines is 1. The van der Waals surface area contributed by atoms with E-state index < -0.39 is 11.7 Å². The molecule has 2 rings (SSSR count). The molecule has 0 fully saturated rings. The van der Waals surface area contributed by atoms with Gasteiger partial charge in [-0.15, -0.1) is 0 Å². The van der Waals surface area contributed by atoms with E-state index >= 15 is 0 Å². The van der Waals surface area contributed by atoms with Crippen LogP contribution in [0.1, 0.15) is 21.5 Å². The molecule has 0 saturated carbocycles. The second-order valence-corrected chi connectivity index (χ2v) is 4.57. The van der Waals surface area contributed by atoms with Crippen LogP contribution in [0.5, 0.6) is 5.75 Å². The van der Waals surface area contributed by atoms with Crippen molar-refractivity contribution < 1.29 is 13.9 Å². The van der Waals surface area contributed by atoms with Gasteiger partial charge in [0.15, 0.2) is 0 Å². The highest BCUT2D eigenvalue weighted by atomic mass is 19.1. The molecule has 0 aliphatic heterocycles. The maximum absolute atomic E-state index is 13.9. The smallest absolute Gasteiger partial charge is 0.258 e. The summed E-state index contributed by atoms with van der Waals surface area (Å²) in [7, 11) is 1.58. The fourth-order valence-corrected chi connectivity index (χ4v) is 1.92. The number of benzene rings is 2. The van der Waals surface area contributed by atoms with Crippen molar-refractivity contribution in [2.24, 2.45) is 0 Å². The minimum absolute atomic E-state index is 0.0419. The zero-order chi connectivity index (χ0) is 14.7. The number of halogens is 1. The first-order valence-corrected chi connectivity index (χ1v) is 6.24. The molecule has 0 bridgehead atoms. The molecule has 104 valence electrons. The van der Waals surface area contributed by atoms with Gasteiger partial charge in [-0.2, -0.15) is 0 Å². The Morgan fingerprint density at radius 1 is 1.15 bits per heavy atom. The van der Waals surface area contributed by atoms with Crippen molar-refractivity contribution in [2.45, 2.75) is 13.8 Å². The normalized spacial score (nSPS) is 10.2. The van der Waals surface area contributed by atoms with E-state index in [1.807, 2.05) is 13.0 Å². The minimum atomic E-state index is -0.490. The van der Waals surface area contributed by atoms with Crippen molar-refractivity contribution in [1.29, 1.82) is 0 Å². The van der Waals surface area contributed by atoms with Crippen molar-refractivity contribution in [3.8, 4) is 5.75 Å². The first kappa shape index (κ1) is 14.1. The maximum Gasteiger partial charge on any atom is 0.258 e. The van der Waals surface area contributed by atoms with E-state index in [1.165, 1.54) is 6.07 Å². The summed E-state index contributed by atoms with van der Waals surface area (Å²) < 4.78 is 19.0. The molecule has 0 atom stereocenters. The zero-order valence-corrected chi connectivity index (χ0v) is 11.7. The lowest BCUT2D eigenvalue weighted by Crippen LogP contribution is -2.15. The van der Waals surface area contributed by atoms with Crippen LogP contribution in [0, 0.1) is 19.7 Å². The summed E-state index contributed by atoms with van der Waals surface area (Å²) in [5.41, 5.74) is 1.98. The van der Waals surface area contributed by atoms with Gasteiger partial charge in [0.25, 0.3) is 5.91 Å². The highest BCUT2D eigenvalue weighted by Crippen LogP contribution is 2.22. The zero-order valence-electron chi connectivity index (χ0n) is 11.7. The van der Waals surface area contributed by atoms with Crippen LogP contribution in [0.25, 0.3) is 0 Å². The average Bonchev–Trinajstić information content (AvgIpc) is 2.44. The lowest BCUT2D eigenvalue weighted by Gasteiger charge is -2.11. The van der Waals surface area contributed by atoms with E-state index in [2.05, 4.69) is 5.32 Å². The quantitative estimate of drug-likeness (QED) is 0.926. The molecular weight excluding hydrogens is 257 g/mol. The third kappa shape index (κ3) is 2.79. The van der Waals surface area contributed by atoms with Crippen LogP contribution in [0.15, 0.2) is 36.4 Å².